The molecule has 0 spiro atoms. The molecule has 2 amide bonds. The summed E-state index contributed by atoms with van der Waals surface area (Å²) in [6.45, 7) is 0.439. The van der Waals surface area contributed by atoms with E-state index in [1.54, 1.807) is 0 Å². The highest BCUT2D eigenvalue weighted by molar-refractivity contribution is 6.18. The Bertz CT molecular complexity index is 222. The molecule has 0 aliphatic carbocycles. The minimum Gasteiger partial charge on any atom is -0.390 e. The molecule has 1 heterocycles. The van der Waals surface area contributed by atoms with Gasteiger partial charge in [0.05, 0.1) is 6.10 Å². The topological polar surface area (TPSA) is 78.4 Å². The Morgan fingerprint density at radius 3 is 2.92 bits per heavy atom. The Morgan fingerprint density at radius 1 is 1.77 bits per heavy atom. The average molecular weight is 207 g/mol. The quantitative estimate of drug-likeness (QED) is 0.386. The van der Waals surface area contributed by atoms with Crippen molar-refractivity contribution in [2.75, 3.05) is 19.0 Å². The summed E-state index contributed by atoms with van der Waals surface area (Å²) in [5, 5.41) is 14.1. The number of carbonyl (C=O) groups excluding carboxylic acids is 2. The summed E-state index contributed by atoms with van der Waals surface area (Å²) in [5.41, 5.74) is 0. The fourth-order valence-electron chi connectivity index (χ4n) is 1.18. The number of β-amino-alcohol motifs (C(OH)–C–C–N with tert-alkyl or cyclic N) is 1. The number of halogens is 1. The highest BCUT2D eigenvalue weighted by atomic mass is 35.5. The first kappa shape index (κ1) is 10.3. The lowest BCUT2D eigenvalue weighted by molar-refractivity contribution is -0.135. The molecule has 3 N–H and O–H groups in total. The Kier molecular flexibility index (Phi) is 3.50. The van der Waals surface area contributed by atoms with E-state index in [1.165, 1.54) is 0 Å². The van der Waals surface area contributed by atoms with Gasteiger partial charge in [0.25, 0.3) is 0 Å². The minimum atomic E-state index is -0.983. The van der Waals surface area contributed by atoms with E-state index in [0.717, 1.165) is 0 Å². The number of hydrogen-bond donors (Lipinski definition) is 3. The van der Waals surface area contributed by atoms with Crippen molar-refractivity contribution in [3.8, 4) is 0 Å². The summed E-state index contributed by atoms with van der Waals surface area (Å²) < 4.78 is 0. The van der Waals surface area contributed by atoms with Crippen LogP contribution in [0.15, 0.2) is 0 Å². The van der Waals surface area contributed by atoms with Crippen LogP contribution in [0.2, 0.25) is 0 Å². The summed E-state index contributed by atoms with van der Waals surface area (Å²) in [4.78, 5) is 22.3. The fraction of sp³-hybridized carbons (Fsp3) is 0.714. The van der Waals surface area contributed by atoms with Gasteiger partial charge in [0, 0.05) is 19.0 Å². The van der Waals surface area contributed by atoms with Gasteiger partial charge in [0.15, 0.2) is 0 Å². The summed E-state index contributed by atoms with van der Waals surface area (Å²) >= 11 is 5.35. The highest BCUT2D eigenvalue weighted by Crippen LogP contribution is 2.10. The Morgan fingerprint density at radius 2 is 2.46 bits per heavy atom. The van der Waals surface area contributed by atoms with E-state index in [1.807, 2.05) is 0 Å². The van der Waals surface area contributed by atoms with Gasteiger partial charge in [-0.15, -0.1) is 11.6 Å². The van der Waals surface area contributed by atoms with Gasteiger partial charge < -0.3 is 15.7 Å². The second kappa shape index (κ2) is 4.43. The maximum atomic E-state index is 11.2. The third-order valence-corrected chi connectivity index (χ3v) is 2.02. The zero-order chi connectivity index (χ0) is 9.84. The molecule has 0 radical (unpaired) electrons. The average Bonchev–Trinajstić information content (AvgIpc) is 2.42. The number of aliphatic hydroxyl groups is 1. The minimum absolute atomic E-state index is 0.137. The maximum Gasteiger partial charge on any atom is 0.235 e. The van der Waals surface area contributed by atoms with Crippen molar-refractivity contribution in [1.29, 1.82) is 0 Å². The number of amides is 2. The van der Waals surface area contributed by atoms with Crippen LogP contribution >= 0.6 is 11.6 Å². The SMILES string of the molecule is O=C(NCCCl)C1C(=O)NCC1O. The predicted octanol–water partition coefficient (Wildman–Crippen LogP) is -1.55. The molecule has 2 unspecified atom stereocenters. The van der Waals surface area contributed by atoms with Crippen LogP contribution in [0.25, 0.3) is 0 Å². The Labute approximate surface area is 80.4 Å². The number of rotatable bonds is 3. The van der Waals surface area contributed by atoms with Gasteiger partial charge in [-0.2, -0.15) is 0 Å². The van der Waals surface area contributed by atoms with Crippen molar-refractivity contribution in [1.82, 2.24) is 10.6 Å². The molecule has 1 rings (SSSR count). The van der Waals surface area contributed by atoms with Gasteiger partial charge >= 0.3 is 0 Å². The second-order valence-corrected chi connectivity index (χ2v) is 3.15. The van der Waals surface area contributed by atoms with Crippen LogP contribution < -0.4 is 10.6 Å². The third kappa shape index (κ3) is 2.32. The molecule has 13 heavy (non-hydrogen) atoms. The molecule has 0 aromatic carbocycles. The molecule has 0 bridgehead atoms. The molecule has 2 atom stereocenters. The van der Waals surface area contributed by atoms with E-state index in [4.69, 9.17) is 11.6 Å². The van der Waals surface area contributed by atoms with Crippen LogP contribution in [0, 0.1) is 5.92 Å². The maximum absolute atomic E-state index is 11.2. The second-order valence-electron chi connectivity index (χ2n) is 2.77. The molecular formula is C7H11ClN2O3. The number of aliphatic hydroxyl groups excluding tert-OH is 1. The van der Waals surface area contributed by atoms with Crippen molar-refractivity contribution < 1.29 is 14.7 Å². The first-order valence-electron chi connectivity index (χ1n) is 3.96. The number of carbonyl (C=O) groups is 2. The molecule has 5 nitrogen and oxygen atoms in total. The summed E-state index contributed by atoms with van der Waals surface area (Å²) in [6, 6.07) is 0. The Hall–Kier alpha value is -0.810. The summed E-state index contributed by atoms with van der Waals surface area (Å²) in [7, 11) is 0. The molecular weight excluding hydrogens is 196 g/mol. The lowest BCUT2D eigenvalue weighted by atomic mass is 10.1. The van der Waals surface area contributed by atoms with Crippen LogP contribution in [0.1, 0.15) is 0 Å². The van der Waals surface area contributed by atoms with Crippen molar-refractivity contribution in [2.24, 2.45) is 5.92 Å². The highest BCUT2D eigenvalue weighted by Gasteiger charge is 2.38. The summed E-state index contributed by atoms with van der Waals surface area (Å²) in [6.07, 6.45) is -0.928. The van der Waals surface area contributed by atoms with E-state index in [0.29, 0.717) is 6.54 Å². The van der Waals surface area contributed by atoms with Crippen LogP contribution in [0.3, 0.4) is 0 Å². The number of alkyl halides is 1. The lowest BCUT2D eigenvalue weighted by Crippen LogP contribution is -2.40. The van der Waals surface area contributed by atoms with Crippen LogP contribution in [-0.4, -0.2) is 42.0 Å². The molecule has 1 saturated heterocycles. The first-order valence-corrected chi connectivity index (χ1v) is 4.49. The van der Waals surface area contributed by atoms with E-state index in [9.17, 15) is 14.7 Å². The smallest absolute Gasteiger partial charge is 0.235 e. The first-order chi connectivity index (χ1) is 6.16. The predicted molar refractivity (Wildman–Crippen MR) is 46.2 cm³/mol. The van der Waals surface area contributed by atoms with Crippen molar-refractivity contribution >= 4 is 23.4 Å². The van der Waals surface area contributed by atoms with Gasteiger partial charge in [0.2, 0.25) is 11.8 Å². The third-order valence-electron chi connectivity index (χ3n) is 1.83. The molecule has 0 aromatic heterocycles. The molecule has 0 aromatic rings. The molecule has 74 valence electrons. The van der Waals surface area contributed by atoms with Crippen LogP contribution in [-0.2, 0) is 9.59 Å². The van der Waals surface area contributed by atoms with Gasteiger partial charge in [-0.3, -0.25) is 9.59 Å². The molecule has 0 saturated carbocycles. The van der Waals surface area contributed by atoms with E-state index >= 15 is 0 Å². The Balaban J connectivity index is 2.49. The van der Waals surface area contributed by atoms with E-state index in [2.05, 4.69) is 10.6 Å². The fourth-order valence-corrected chi connectivity index (χ4v) is 1.28. The van der Waals surface area contributed by atoms with Gasteiger partial charge in [-0.05, 0) is 0 Å². The zero-order valence-corrected chi connectivity index (χ0v) is 7.67. The largest absolute Gasteiger partial charge is 0.390 e. The number of hydrogen-bond acceptors (Lipinski definition) is 3. The monoisotopic (exact) mass is 206 g/mol. The van der Waals surface area contributed by atoms with Gasteiger partial charge in [-0.25, -0.2) is 0 Å². The zero-order valence-electron chi connectivity index (χ0n) is 6.92. The standard InChI is InChI=1S/C7H11ClN2O3/c8-1-2-9-6(12)5-4(11)3-10-7(5)13/h4-5,11H,1-3H2,(H,9,12)(H,10,13). The van der Waals surface area contributed by atoms with Gasteiger partial charge in [0.1, 0.15) is 5.92 Å². The molecule has 1 fully saturated rings. The molecule has 1 aliphatic rings. The summed E-state index contributed by atoms with van der Waals surface area (Å²) in [5.74, 6) is -1.60. The van der Waals surface area contributed by atoms with Crippen molar-refractivity contribution in [2.45, 2.75) is 6.10 Å². The van der Waals surface area contributed by atoms with Crippen LogP contribution in [0.5, 0.6) is 0 Å². The lowest BCUT2D eigenvalue weighted by Gasteiger charge is -2.10. The normalized spacial score (nSPS) is 27.1. The van der Waals surface area contributed by atoms with Gasteiger partial charge in [-0.1, -0.05) is 0 Å². The van der Waals surface area contributed by atoms with Crippen molar-refractivity contribution in [3.63, 3.8) is 0 Å². The van der Waals surface area contributed by atoms with Crippen LogP contribution in [0.4, 0.5) is 0 Å². The molecule has 6 heteroatoms. The van der Waals surface area contributed by atoms with E-state index in [-0.39, 0.29) is 12.4 Å². The van der Waals surface area contributed by atoms with E-state index < -0.39 is 23.8 Å². The molecule has 1 aliphatic heterocycles. The number of nitrogens with one attached hydrogen (secondary N) is 2. The van der Waals surface area contributed by atoms with Crippen molar-refractivity contribution in [3.05, 3.63) is 0 Å².